The maximum absolute atomic E-state index is 3.89. The predicted octanol–water partition coefficient (Wildman–Crippen LogP) is 7.35. The van der Waals surface area contributed by atoms with Gasteiger partial charge in [-0.05, 0) is 74.1 Å². The van der Waals surface area contributed by atoms with E-state index in [1.807, 2.05) is 33.2 Å². The van der Waals surface area contributed by atoms with Gasteiger partial charge < -0.3 is 16.3 Å². The predicted molar refractivity (Wildman–Crippen MR) is 141 cm³/mol. The highest BCUT2D eigenvalue weighted by Crippen LogP contribution is 2.23. The Bertz CT molecular complexity index is 462. The van der Waals surface area contributed by atoms with Crippen molar-refractivity contribution in [3.8, 4) is 0 Å². The van der Waals surface area contributed by atoms with Crippen LogP contribution in [0.3, 0.4) is 0 Å². The van der Waals surface area contributed by atoms with Crippen molar-refractivity contribution in [1.82, 2.24) is 5.32 Å². The average molecular weight is 438 g/mol. The van der Waals surface area contributed by atoms with Crippen molar-refractivity contribution in [2.75, 3.05) is 7.05 Å². The van der Waals surface area contributed by atoms with Crippen molar-refractivity contribution in [3.63, 3.8) is 0 Å². The number of rotatable bonds is 9. The molecule has 1 saturated carbocycles. The normalized spacial score (nSPS) is 19.5. The van der Waals surface area contributed by atoms with Crippen LogP contribution in [0, 0.1) is 17.8 Å². The Morgan fingerprint density at radius 2 is 1.74 bits per heavy atom. The monoisotopic (exact) mass is 437 g/mol. The molecule has 2 aliphatic carbocycles. The van der Waals surface area contributed by atoms with E-state index in [1.54, 1.807) is 0 Å². The van der Waals surface area contributed by atoms with Gasteiger partial charge in [-0.2, -0.15) is 0 Å². The van der Waals surface area contributed by atoms with Gasteiger partial charge in [-0.3, -0.25) is 0 Å². The molecule has 3 heteroatoms. The molecule has 0 saturated heterocycles. The summed E-state index contributed by atoms with van der Waals surface area (Å²) in [7, 11) is 1.93. The average Bonchev–Trinajstić information content (AvgIpc) is 2.78. The summed E-state index contributed by atoms with van der Waals surface area (Å²) in [5.41, 5.74) is 1.37. The Labute approximate surface area is 194 Å². The van der Waals surface area contributed by atoms with Crippen LogP contribution in [0.5, 0.6) is 0 Å². The van der Waals surface area contributed by atoms with E-state index in [0.29, 0.717) is 5.92 Å². The number of unbranched alkanes of at least 4 members (excludes halogenated alkanes) is 2. The number of hydrogen-bond donors (Lipinski definition) is 1. The molecule has 0 spiro atoms. The molecule has 3 nitrogen and oxygen atoms in total. The lowest BCUT2D eigenvalue weighted by Crippen LogP contribution is -2.00. The third kappa shape index (κ3) is 19.1. The second kappa shape index (κ2) is 24.9. The molecule has 0 aromatic carbocycles. The zero-order valence-electron chi connectivity index (χ0n) is 21.4. The van der Waals surface area contributed by atoms with Gasteiger partial charge in [-0.1, -0.05) is 90.5 Å². The van der Waals surface area contributed by atoms with Gasteiger partial charge in [0.15, 0.2) is 0 Å². The van der Waals surface area contributed by atoms with Crippen molar-refractivity contribution in [2.24, 2.45) is 17.8 Å². The van der Waals surface area contributed by atoms with Crippen molar-refractivity contribution < 1.29 is 11.0 Å². The summed E-state index contributed by atoms with van der Waals surface area (Å²) in [6, 6.07) is 0. The van der Waals surface area contributed by atoms with Gasteiger partial charge in [0.05, 0.1) is 0 Å². The molecule has 0 aliphatic heterocycles. The first kappa shape index (κ1) is 34.3. The molecule has 2 unspecified atom stereocenters. The van der Waals surface area contributed by atoms with E-state index in [2.05, 4.69) is 50.0 Å². The van der Waals surface area contributed by atoms with Crippen LogP contribution in [0.15, 0.2) is 48.7 Å². The van der Waals surface area contributed by atoms with E-state index in [4.69, 9.17) is 0 Å². The number of hydrogen-bond acceptors (Lipinski definition) is 1. The molecule has 31 heavy (non-hydrogen) atoms. The summed E-state index contributed by atoms with van der Waals surface area (Å²) >= 11 is 0. The topological polar surface area (TPSA) is 75.0 Å². The van der Waals surface area contributed by atoms with Gasteiger partial charge in [-0.15, -0.1) is 6.58 Å². The fraction of sp³-hybridized carbons (Fsp3) is 0.714. The zero-order valence-corrected chi connectivity index (χ0v) is 21.4. The maximum atomic E-state index is 3.89. The molecule has 2 atom stereocenters. The molecular formula is C28H55NO2. The third-order valence-corrected chi connectivity index (χ3v) is 5.98. The summed E-state index contributed by atoms with van der Waals surface area (Å²) in [4.78, 5) is 0. The number of allylic oxidation sites excluding steroid dienone is 6. The van der Waals surface area contributed by atoms with Gasteiger partial charge in [-0.25, -0.2) is 0 Å². The van der Waals surface area contributed by atoms with Crippen molar-refractivity contribution in [2.45, 2.75) is 105 Å². The van der Waals surface area contributed by atoms with E-state index < -0.39 is 0 Å². The van der Waals surface area contributed by atoms with Gasteiger partial charge in [0.1, 0.15) is 0 Å². The lowest BCUT2D eigenvalue weighted by atomic mass is 9.91. The quantitative estimate of drug-likeness (QED) is 0.228. The van der Waals surface area contributed by atoms with Crippen LogP contribution in [-0.4, -0.2) is 18.0 Å². The van der Waals surface area contributed by atoms with Crippen LogP contribution in [0.4, 0.5) is 0 Å². The Hall–Kier alpha value is -1.32. The second-order valence-electron chi connectivity index (χ2n) is 8.50. The molecule has 0 radical (unpaired) electrons. The Kier molecular flexibility index (Phi) is 27.6. The fourth-order valence-corrected chi connectivity index (χ4v) is 3.97. The van der Waals surface area contributed by atoms with Gasteiger partial charge in [0.2, 0.25) is 0 Å². The first-order valence-electron chi connectivity index (χ1n) is 12.5. The van der Waals surface area contributed by atoms with E-state index in [9.17, 15) is 0 Å². The lowest BCUT2D eigenvalue weighted by molar-refractivity contribution is 0.385. The van der Waals surface area contributed by atoms with Crippen molar-refractivity contribution in [3.05, 3.63) is 48.7 Å². The first-order chi connectivity index (χ1) is 14.2. The zero-order chi connectivity index (χ0) is 21.7. The maximum Gasteiger partial charge on any atom is 0.00277 e. The van der Waals surface area contributed by atoms with E-state index in [1.165, 1.54) is 82.6 Å². The van der Waals surface area contributed by atoms with Gasteiger partial charge in [0, 0.05) is 7.05 Å². The summed E-state index contributed by atoms with van der Waals surface area (Å²) < 4.78 is 0. The smallest absolute Gasteiger partial charge is 0.00277 e. The molecule has 0 aromatic heterocycles. The molecule has 1 fully saturated rings. The molecular weight excluding hydrogens is 382 g/mol. The van der Waals surface area contributed by atoms with E-state index in [-0.39, 0.29) is 11.0 Å². The molecule has 0 bridgehead atoms. The van der Waals surface area contributed by atoms with E-state index in [0.717, 1.165) is 11.8 Å². The van der Waals surface area contributed by atoms with E-state index >= 15 is 0 Å². The third-order valence-electron chi connectivity index (χ3n) is 5.98. The van der Waals surface area contributed by atoms with Crippen molar-refractivity contribution >= 4 is 0 Å². The molecule has 0 amide bonds. The standard InChI is InChI=1S/C19H31N.C7H14.C2H6.2H2O/c1-4-17(2)19(15-16-20-3)14-10-6-9-13-18-11-7-5-8-12-18;1-7-5-3-2-4-6-7;1-2;;/h4,7,11,14-18,20H,1,5-6,8-10,12-13H2,2-3H3;7H,2-6H2,1H3;1-2H3;2*1H2/b16-15-,19-14+;;;;. The summed E-state index contributed by atoms with van der Waals surface area (Å²) in [5.74, 6) is 2.32. The summed E-state index contributed by atoms with van der Waals surface area (Å²) in [5, 5.41) is 3.06. The summed E-state index contributed by atoms with van der Waals surface area (Å²) in [6.07, 6.45) is 30.0. The highest BCUT2D eigenvalue weighted by molar-refractivity contribution is 5.23. The minimum atomic E-state index is 0. The molecule has 0 heterocycles. The Morgan fingerprint density at radius 3 is 2.23 bits per heavy atom. The van der Waals surface area contributed by atoms with Gasteiger partial charge in [0.25, 0.3) is 0 Å². The minimum Gasteiger partial charge on any atom is -0.412 e. The number of nitrogens with one attached hydrogen (secondary N) is 1. The fourth-order valence-electron chi connectivity index (χ4n) is 3.97. The lowest BCUT2D eigenvalue weighted by Gasteiger charge is -2.15. The van der Waals surface area contributed by atoms with Crippen LogP contribution < -0.4 is 5.32 Å². The molecule has 5 N–H and O–H groups in total. The van der Waals surface area contributed by atoms with Crippen LogP contribution >= 0.6 is 0 Å². The van der Waals surface area contributed by atoms with Crippen LogP contribution in [0.25, 0.3) is 0 Å². The molecule has 184 valence electrons. The minimum absolute atomic E-state index is 0. The highest BCUT2D eigenvalue weighted by atomic mass is 16.0. The highest BCUT2D eigenvalue weighted by Gasteiger charge is 2.07. The molecule has 2 aliphatic rings. The van der Waals surface area contributed by atoms with Crippen LogP contribution in [0.2, 0.25) is 0 Å². The first-order valence-corrected chi connectivity index (χ1v) is 12.5. The largest absolute Gasteiger partial charge is 0.412 e. The Balaban J connectivity index is -0.000000600. The van der Waals surface area contributed by atoms with Crippen LogP contribution in [-0.2, 0) is 0 Å². The molecule has 0 aromatic rings. The molecule has 2 rings (SSSR count). The van der Waals surface area contributed by atoms with Crippen LogP contribution in [0.1, 0.15) is 105 Å². The Morgan fingerprint density at radius 1 is 1.06 bits per heavy atom. The van der Waals surface area contributed by atoms with Gasteiger partial charge >= 0.3 is 0 Å². The second-order valence-corrected chi connectivity index (χ2v) is 8.50. The summed E-state index contributed by atoms with van der Waals surface area (Å²) in [6.45, 7) is 12.5. The SMILES string of the molecule is C=CC(C)C(/C=C\NC)=C/CCCCC1C=CCCC1.CC.CC1CCCCC1.O.O. The van der Waals surface area contributed by atoms with Crippen molar-refractivity contribution in [1.29, 1.82) is 0 Å².